The highest BCUT2D eigenvalue weighted by atomic mass is 32.2. The van der Waals surface area contributed by atoms with Crippen molar-refractivity contribution in [2.24, 2.45) is 5.14 Å². The molecular weight excluding hydrogens is 190 g/mol. The summed E-state index contributed by atoms with van der Waals surface area (Å²) in [7, 11) is -3.72. The van der Waals surface area contributed by atoms with E-state index in [4.69, 9.17) is 10.9 Å². The van der Waals surface area contributed by atoms with Gasteiger partial charge in [0.1, 0.15) is 0 Å². The van der Waals surface area contributed by atoms with Gasteiger partial charge in [-0.1, -0.05) is 6.07 Å². The first kappa shape index (κ1) is 9.82. The highest BCUT2D eigenvalue weighted by molar-refractivity contribution is 7.90. The smallest absolute Gasteiger partial charge is 0.296 e. The predicted molar refractivity (Wildman–Crippen MR) is 52.3 cm³/mol. The molecule has 13 heavy (non-hydrogen) atoms. The van der Waals surface area contributed by atoms with Crippen LogP contribution in [-0.2, 0) is 10.2 Å². The minimum atomic E-state index is -3.72. The van der Waals surface area contributed by atoms with Crippen LogP contribution in [0, 0.1) is 6.92 Å². The second-order valence-corrected chi connectivity index (χ2v) is 3.96. The molecule has 0 radical (unpaired) electrons. The maximum absolute atomic E-state index is 10.7. The van der Waals surface area contributed by atoms with Crippen molar-refractivity contribution in [3.63, 3.8) is 0 Å². The van der Waals surface area contributed by atoms with Gasteiger partial charge in [-0.15, -0.1) is 0 Å². The van der Waals surface area contributed by atoms with Crippen molar-refractivity contribution in [1.82, 2.24) is 0 Å². The Morgan fingerprint density at radius 1 is 1.38 bits per heavy atom. The van der Waals surface area contributed by atoms with Crippen molar-refractivity contribution >= 4 is 21.6 Å². The van der Waals surface area contributed by atoms with Crippen LogP contribution in [0.15, 0.2) is 18.2 Å². The van der Waals surface area contributed by atoms with E-state index >= 15 is 0 Å². The molecule has 0 aliphatic rings. The van der Waals surface area contributed by atoms with Gasteiger partial charge in [-0.3, -0.25) is 4.72 Å². The molecule has 0 atom stereocenters. The minimum Gasteiger partial charge on any atom is -0.398 e. The largest absolute Gasteiger partial charge is 0.398 e. The molecule has 5 nitrogen and oxygen atoms in total. The Hall–Kier alpha value is -1.27. The summed E-state index contributed by atoms with van der Waals surface area (Å²) >= 11 is 0. The number of rotatable bonds is 2. The summed E-state index contributed by atoms with van der Waals surface area (Å²) in [6.45, 7) is 1.71. The van der Waals surface area contributed by atoms with Crippen molar-refractivity contribution < 1.29 is 8.42 Å². The van der Waals surface area contributed by atoms with E-state index in [1.807, 2.05) is 0 Å². The first-order valence-corrected chi connectivity index (χ1v) is 5.10. The molecule has 0 saturated heterocycles. The van der Waals surface area contributed by atoms with E-state index in [2.05, 4.69) is 4.72 Å². The first-order valence-electron chi connectivity index (χ1n) is 3.56. The first-order chi connectivity index (χ1) is 5.90. The molecule has 1 rings (SSSR count). The second kappa shape index (κ2) is 3.23. The van der Waals surface area contributed by atoms with Crippen LogP contribution in [0.25, 0.3) is 0 Å². The maximum Gasteiger partial charge on any atom is 0.296 e. The average Bonchev–Trinajstić information content (AvgIpc) is 1.96. The number of benzene rings is 1. The molecule has 0 unspecified atom stereocenters. The Morgan fingerprint density at radius 3 is 2.54 bits per heavy atom. The molecule has 0 heterocycles. The summed E-state index contributed by atoms with van der Waals surface area (Å²) < 4.78 is 23.5. The molecule has 0 aliphatic carbocycles. The fourth-order valence-electron chi connectivity index (χ4n) is 0.917. The van der Waals surface area contributed by atoms with Gasteiger partial charge in [-0.2, -0.15) is 8.42 Å². The molecule has 5 N–H and O–H groups in total. The maximum atomic E-state index is 10.7. The van der Waals surface area contributed by atoms with Crippen molar-refractivity contribution in [1.29, 1.82) is 0 Å². The summed E-state index contributed by atoms with van der Waals surface area (Å²) in [6, 6.07) is 4.93. The van der Waals surface area contributed by atoms with Gasteiger partial charge in [0.05, 0.1) is 5.69 Å². The molecule has 0 spiro atoms. The van der Waals surface area contributed by atoms with Crippen LogP contribution >= 0.6 is 0 Å². The SMILES string of the molecule is Cc1c(N)cccc1NS(N)(=O)=O. The summed E-state index contributed by atoms with van der Waals surface area (Å²) in [6.07, 6.45) is 0. The zero-order valence-electron chi connectivity index (χ0n) is 7.11. The monoisotopic (exact) mass is 201 g/mol. The molecule has 1 aromatic rings. The standard InChI is InChI=1S/C7H11N3O2S/c1-5-6(8)3-2-4-7(5)10-13(9,11)12/h2-4,10H,8H2,1H3,(H2,9,11,12). The summed E-state index contributed by atoms with van der Waals surface area (Å²) in [4.78, 5) is 0. The number of hydrogen-bond acceptors (Lipinski definition) is 3. The van der Waals surface area contributed by atoms with Crippen LogP contribution in [0.4, 0.5) is 11.4 Å². The highest BCUT2D eigenvalue weighted by Crippen LogP contribution is 2.20. The third-order valence-electron chi connectivity index (χ3n) is 1.63. The predicted octanol–water partition coefficient (Wildman–Crippen LogP) is 0.193. The van der Waals surface area contributed by atoms with Crippen LogP contribution in [0.2, 0.25) is 0 Å². The fraction of sp³-hybridized carbons (Fsp3) is 0.143. The lowest BCUT2D eigenvalue weighted by molar-refractivity contribution is 0.603. The molecule has 0 bridgehead atoms. The van der Waals surface area contributed by atoms with E-state index in [0.717, 1.165) is 0 Å². The second-order valence-electron chi connectivity index (χ2n) is 2.67. The van der Waals surface area contributed by atoms with Crippen LogP contribution in [0.5, 0.6) is 0 Å². The van der Waals surface area contributed by atoms with Crippen LogP contribution in [-0.4, -0.2) is 8.42 Å². The molecular formula is C7H11N3O2S. The molecule has 72 valence electrons. The average molecular weight is 201 g/mol. The lowest BCUT2D eigenvalue weighted by Gasteiger charge is -2.08. The molecule has 1 aromatic carbocycles. The summed E-state index contributed by atoms with van der Waals surface area (Å²) in [5.41, 5.74) is 7.15. The van der Waals surface area contributed by atoms with Gasteiger partial charge in [-0.05, 0) is 24.6 Å². The Kier molecular flexibility index (Phi) is 2.44. The van der Waals surface area contributed by atoms with Crippen molar-refractivity contribution in [2.45, 2.75) is 6.92 Å². The van der Waals surface area contributed by atoms with Crippen LogP contribution in [0.3, 0.4) is 0 Å². The summed E-state index contributed by atoms with van der Waals surface area (Å²) in [5.74, 6) is 0. The highest BCUT2D eigenvalue weighted by Gasteiger charge is 2.05. The Balaban J connectivity index is 3.10. The zero-order chi connectivity index (χ0) is 10.1. The van der Waals surface area contributed by atoms with E-state index in [0.29, 0.717) is 16.9 Å². The van der Waals surface area contributed by atoms with Gasteiger partial charge in [0.2, 0.25) is 0 Å². The summed E-state index contributed by atoms with van der Waals surface area (Å²) in [5, 5.41) is 4.81. The normalized spacial score (nSPS) is 11.2. The molecule has 0 aromatic heterocycles. The van der Waals surface area contributed by atoms with Gasteiger partial charge in [0, 0.05) is 5.69 Å². The van der Waals surface area contributed by atoms with Crippen molar-refractivity contribution in [2.75, 3.05) is 10.5 Å². The topological polar surface area (TPSA) is 98.2 Å². The lowest BCUT2D eigenvalue weighted by Crippen LogP contribution is -2.22. The molecule has 0 saturated carbocycles. The third-order valence-corrected chi connectivity index (χ3v) is 2.13. The number of nitrogen functional groups attached to an aromatic ring is 1. The van der Waals surface area contributed by atoms with Crippen molar-refractivity contribution in [3.8, 4) is 0 Å². The van der Waals surface area contributed by atoms with Gasteiger partial charge in [0.25, 0.3) is 10.2 Å². The molecule has 0 aliphatic heterocycles. The number of nitrogens with one attached hydrogen (secondary N) is 1. The number of nitrogens with two attached hydrogens (primary N) is 2. The minimum absolute atomic E-state index is 0.405. The van der Waals surface area contributed by atoms with E-state index in [1.54, 1.807) is 25.1 Å². The van der Waals surface area contributed by atoms with E-state index in [1.165, 1.54) is 0 Å². The van der Waals surface area contributed by atoms with Crippen molar-refractivity contribution in [3.05, 3.63) is 23.8 Å². The van der Waals surface area contributed by atoms with Gasteiger partial charge in [0.15, 0.2) is 0 Å². The van der Waals surface area contributed by atoms with E-state index in [-0.39, 0.29) is 0 Å². The van der Waals surface area contributed by atoms with E-state index < -0.39 is 10.2 Å². The lowest BCUT2D eigenvalue weighted by atomic mass is 10.2. The Morgan fingerprint density at radius 2 is 2.00 bits per heavy atom. The third kappa shape index (κ3) is 2.60. The van der Waals surface area contributed by atoms with E-state index in [9.17, 15) is 8.42 Å². The zero-order valence-corrected chi connectivity index (χ0v) is 7.93. The number of hydrogen-bond donors (Lipinski definition) is 3. The molecule has 6 heteroatoms. The quantitative estimate of drug-likeness (QED) is 0.596. The van der Waals surface area contributed by atoms with Gasteiger partial charge in [-0.25, -0.2) is 5.14 Å². The molecule has 0 fully saturated rings. The van der Waals surface area contributed by atoms with Crippen LogP contribution < -0.4 is 15.6 Å². The van der Waals surface area contributed by atoms with Gasteiger partial charge >= 0.3 is 0 Å². The van der Waals surface area contributed by atoms with Crippen LogP contribution in [0.1, 0.15) is 5.56 Å². The van der Waals surface area contributed by atoms with Gasteiger partial charge < -0.3 is 5.73 Å². The Labute approximate surface area is 76.9 Å². The number of anilines is 2. The fourth-order valence-corrected chi connectivity index (χ4v) is 1.44. The Bertz CT molecular complexity index is 414. The molecule has 0 amide bonds.